The standard InChI is InChI=1S/C13H12N4O3/c14-11-4-3-10(6-12(11)17(19)20)13(18)16-8-9-2-1-5-15-7-9/h1-7H,8,14H2,(H,16,18). The van der Waals surface area contributed by atoms with Crippen molar-refractivity contribution in [3.8, 4) is 0 Å². The second-order valence-corrected chi connectivity index (χ2v) is 4.07. The zero-order valence-corrected chi connectivity index (χ0v) is 10.4. The lowest BCUT2D eigenvalue weighted by molar-refractivity contribution is -0.383. The van der Waals surface area contributed by atoms with E-state index in [-0.39, 0.29) is 16.9 Å². The predicted molar refractivity (Wildman–Crippen MR) is 72.9 cm³/mol. The van der Waals surface area contributed by atoms with Gasteiger partial charge in [0.2, 0.25) is 0 Å². The summed E-state index contributed by atoms with van der Waals surface area (Å²) in [6, 6.07) is 7.53. The highest BCUT2D eigenvalue weighted by atomic mass is 16.6. The zero-order chi connectivity index (χ0) is 14.5. The number of nitrogen functional groups attached to an aromatic ring is 1. The third-order valence-corrected chi connectivity index (χ3v) is 2.67. The number of carbonyl (C=O) groups excluding carboxylic acids is 1. The quantitative estimate of drug-likeness (QED) is 0.497. The Labute approximate surface area is 114 Å². The number of nitro benzene ring substituents is 1. The fourth-order valence-electron chi connectivity index (χ4n) is 1.63. The molecule has 20 heavy (non-hydrogen) atoms. The third-order valence-electron chi connectivity index (χ3n) is 2.67. The van der Waals surface area contributed by atoms with E-state index in [4.69, 9.17) is 5.73 Å². The normalized spacial score (nSPS) is 10.0. The van der Waals surface area contributed by atoms with Crippen LogP contribution in [-0.4, -0.2) is 15.8 Å². The first-order valence-corrected chi connectivity index (χ1v) is 5.79. The summed E-state index contributed by atoms with van der Waals surface area (Å²) in [5.41, 5.74) is 6.25. The van der Waals surface area contributed by atoms with Crippen LogP contribution < -0.4 is 11.1 Å². The summed E-state index contributed by atoms with van der Waals surface area (Å²) in [4.78, 5) is 26.0. The number of nitrogens with two attached hydrogens (primary N) is 1. The monoisotopic (exact) mass is 272 g/mol. The highest BCUT2D eigenvalue weighted by molar-refractivity contribution is 5.95. The van der Waals surface area contributed by atoms with Crippen molar-refractivity contribution in [2.24, 2.45) is 0 Å². The van der Waals surface area contributed by atoms with Crippen molar-refractivity contribution in [1.29, 1.82) is 0 Å². The van der Waals surface area contributed by atoms with Crippen molar-refractivity contribution in [1.82, 2.24) is 10.3 Å². The van der Waals surface area contributed by atoms with E-state index in [0.29, 0.717) is 6.54 Å². The molecule has 7 nitrogen and oxygen atoms in total. The Hall–Kier alpha value is -2.96. The molecule has 1 aromatic heterocycles. The summed E-state index contributed by atoms with van der Waals surface area (Å²) >= 11 is 0. The predicted octanol–water partition coefficient (Wildman–Crippen LogP) is 1.50. The largest absolute Gasteiger partial charge is 0.393 e. The molecule has 0 saturated carbocycles. The van der Waals surface area contributed by atoms with Crippen LogP contribution in [0.1, 0.15) is 15.9 Å². The van der Waals surface area contributed by atoms with Crippen LogP contribution in [0.15, 0.2) is 42.7 Å². The molecule has 0 aliphatic carbocycles. The Morgan fingerprint density at radius 1 is 1.40 bits per heavy atom. The van der Waals surface area contributed by atoms with E-state index < -0.39 is 10.8 Å². The molecule has 0 aliphatic heterocycles. The summed E-state index contributed by atoms with van der Waals surface area (Å²) < 4.78 is 0. The van der Waals surface area contributed by atoms with Crippen LogP contribution in [0.4, 0.5) is 11.4 Å². The van der Waals surface area contributed by atoms with Crippen LogP contribution in [0, 0.1) is 10.1 Å². The lowest BCUT2D eigenvalue weighted by Crippen LogP contribution is -2.23. The first-order valence-electron chi connectivity index (χ1n) is 5.79. The smallest absolute Gasteiger partial charge is 0.292 e. The van der Waals surface area contributed by atoms with Crippen LogP contribution in [-0.2, 0) is 6.54 Å². The highest BCUT2D eigenvalue weighted by Crippen LogP contribution is 2.22. The summed E-state index contributed by atoms with van der Waals surface area (Å²) in [7, 11) is 0. The number of rotatable bonds is 4. The van der Waals surface area contributed by atoms with Gasteiger partial charge < -0.3 is 11.1 Å². The molecular formula is C13H12N4O3. The first kappa shape index (κ1) is 13.5. The molecule has 2 rings (SSSR count). The van der Waals surface area contributed by atoms with Gasteiger partial charge in [0.05, 0.1) is 4.92 Å². The van der Waals surface area contributed by atoms with Crippen molar-refractivity contribution in [3.05, 3.63) is 64.0 Å². The van der Waals surface area contributed by atoms with Crippen molar-refractivity contribution < 1.29 is 9.72 Å². The van der Waals surface area contributed by atoms with Crippen LogP contribution in [0.2, 0.25) is 0 Å². The topological polar surface area (TPSA) is 111 Å². The van der Waals surface area contributed by atoms with Gasteiger partial charge in [0, 0.05) is 30.6 Å². The molecule has 0 spiro atoms. The fourth-order valence-corrected chi connectivity index (χ4v) is 1.63. The molecule has 0 atom stereocenters. The van der Waals surface area contributed by atoms with Gasteiger partial charge >= 0.3 is 0 Å². The molecular weight excluding hydrogens is 260 g/mol. The number of benzene rings is 1. The van der Waals surface area contributed by atoms with E-state index in [1.165, 1.54) is 12.1 Å². The van der Waals surface area contributed by atoms with Gasteiger partial charge in [-0.15, -0.1) is 0 Å². The number of pyridine rings is 1. The molecule has 0 unspecified atom stereocenters. The number of nitrogens with zero attached hydrogens (tertiary/aromatic N) is 2. The van der Waals surface area contributed by atoms with Gasteiger partial charge in [0.25, 0.3) is 11.6 Å². The number of nitrogens with one attached hydrogen (secondary N) is 1. The van der Waals surface area contributed by atoms with E-state index in [0.717, 1.165) is 11.6 Å². The van der Waals surface area contributed by atoms with Gasteiger partial charge in [-0.3, -0.25) is 19.9 Å². The second-order valence-electron chi connectivity index (χ2n) is 4.07. The Kier molecular flexibility index (Phi) is 3.90. The third kappa shape index (κ3) is 3.08. The highest BCUT2D eigenvalue weighted by Gasteiger charge is 2.15. The van der Waals surface area contributed by atoms with Crippen molar-refractivity contribution >= 4 is 17.3 Å². The molecule has 7 heteroatoms. The van der Waals surface area contributed by atoms with Crippen molar-refractivity contribution in [2.45, 2.75) is 6.54 Å². The van der Waals surface area contributed by atoms with E-state index in [1.807, 2.05) is 6.07 Å². The molecule has 0 radical (unpaired) electrons. The van der Waals surface area contributed by atoms with Gasteiger partial charge in [0.15, 0.2) is 0 Å². The zero-order valence-electron chi connectivity index (χ0n) is 10.4. The number of anilines is 1. The van der Waals surface area contributed by atoms with Gasteiger partial charge in [-0.25, -0.2) is 0 Å². The molecule has 102 valence electrons. The summed E-state index contributed by atoms with van der Waals surface area (Å²) in [5, 5.41) is 13.4. The maximum atomic E-state index is 11.9. The molecule has 1 heterocycles. The lowest BCUT2D eigenvalue weighted by Gasteiger charge is -2.05. The summed E-state index contributed by atoms with van der Waals surface area (Å²) in [6.45, 7) is 0.296. The Bertz CT molecular complexity index is 643. The number of aromatic nitrogens is 1. The molecule has 0 aliphatic rings. The van der Waals surface area contributed by atoms with Crippen LogP contribution >= 0.6 is 0 Å². The van der Waals surface area contributed by atoms with Gasteiger partial charge in [0.1, 0.15) is 5.69 Å². The molecule has 0 saturated heterocycles. The lowest BCUT2D eigenvalue weighted by atomic mass is 10.1. The minimum absolute atomic E-state index is 0.0267. The number of carbonyl (C=O) groups is 1. The number of hydrogen-bond acceptors (Lipinski definition) is 5. The fraction of sp³-hybridized carbons (Fsp3) is 0.0769. The molecule has 0 bridgehead atoms. The van der Waals surface area contributed by atoms with Crippen LogP contribution in [0.3, 0.4) is 0 Å². The molecule has 3 N–H and O–H groups in total. The minimum atomic E-state index is -0.618. The number of hydrogen-bond donors (Lipinski definition) is 2. The van der Waals surface area contributed by atoms with Gasteiger partial charge in [-0.2, -0.15) is 0 Å². The summed E-state index contributed by atoms with van der Waals surface area (Å²) in [5.74, 6) is -0.406. The average molecular weight is 272 g/mol. The van der Waals surface area contributed by atoms with E-state index in [1.54, 1.807) is 18.5 Å². The molecule has 0 fully saturated rings. The summed E-state index contributed by atoms with van der Waals surface area (Å²) in [6.07, 6.45) is 3.26. The van der Waals surface area contributed by atoms with Gasteiger partial charge in [-0.05, 0) is 23.8 Å². The van der Waals surface area contributed by atoms with E-state index in [2.05, 4.69) is 10.3 Å². The van der Waals surface area contributed by atoms with Crippen LogP contribution in [0.25, 0.3) is 0 Å². The second kappa shape index (κ2) is 5.79. The van der Waals surface area contributed by atoms with E-state index in [9.17, 15) is 14.9 Å². The van der Waals surface area contributed by atoms with Crippen molar-refractivity contribution in [2.75, 3.05) is 5.73 Å². The Morgan fingerprint density at radius 2 is 2.20 bits per heavy atom. The van der Waals surface area contributed by atoms with Crippen LogP contribution in [0.5, 0.6) is 0 Å². The maximum absolute atomic E-state index is 11.9. The first-order chi connectivity index (χ1) is 9.58. The minimum Gasteiger partial charge on any atom is -0.393 e. The number of amides is 1. The number of nitro groups is 1. The van der Waals surface area contributed by atoms with Crippen molar-refractivity contribution in [3.63, 3.8) is 0 Å². The SMILES string of the molecule is Nc1ccc(C(=O)NCc2cccnc2)cc1[N+](=O)[O-]. The van der Waals surface area contributed by atoms with Gasteiger partial charge in [-0.1, -0.05) is 6.07 Å². The molecule has 1 aromatic carbocycles. The maximum Gasteiger partial charge on any atom is 0.292 e. The molecule has 2 aromatic rings. The average Bonchev–Trinajstić information content (AvgIpc) is 2.46. The Balaban J connectivity index is 2.10. The van der Waals surface area contributed by atoms with E-state index >= 15 is 0 Å². The Morgan fingerprint density at radius 3 is 2.85 bits per heavy atom. The molecule has 1 amide bonds.